The van der Waals surface area contributed by atoms with Gasteiger partial charge in [-0.15, -0.1) is 0 Å². The Labute approximate surface area is 115 Å². The lowest BCUT2D eigenvalue weighted by Crippen LogP contribution is -2.24. The van der Waals surface area contributed by atoms with Gasteiger partial charge in [-0.1, -0.05) is 60.7 Å². The predicted molar refractivity (Wildman–Crippen MR) is 74.0 cm³/mol. The van der Waals surface area contributed by atoms with Crippen molar-refractivity contribution in [2.75, 3.05) is 6.54 Å². The summed E-state index contributed by atoms with van der Waals surface area (Å²) >= 11 is 0. The van der Waals surface area contributed by atoms with Crippen molar-refractivity contribution in [2.24, 2.45) is 4.99 Å². The number of hydrogen-bond acceptors (Lipinski definition) is 1. The summed E-state index contributed by atoms with van der Waals surface area (Å²) in [5.41, 5.74) is 0.271. The van der Waals surface area contributed by atoms with Crippen LogP contribution in [0.1, 0.15) is 11.1 Å². The van der Waals surface area contributed by atoms with Crippen LogP contribution in [-0.4, -0.2) is 18.4 Å². The van der Waals surface area contributed by atoms with Gasteiger partial charge in [-0.25, -0.2) is 0 Å². The first-order chi connectivity index (χ1) is 9.57. The third-order valence-electron chi connectivity index (χ3n) is 2.83. The van der Waals surface area contributed by atoms with Gasteiger partial charge in [-0.05, 0) is 12.0 Å². The lowest BCUT2D eigenvalue weighted by atomic mass is 10.1. The van der Waals surface area contributed by atoms with E-state index in [2.05, 4.69) is 4.99 Å². The minimum Gasteiger partial charge on any atom is -0.280 e. The van der Waals surface area contributed by atoms with E-state index in [1.807, 2.05) is 30.3 Å². The molecule has 0 bridgehead atoms. The number of halogens is 3. The predicted octanol–water partition coefficient (Wildman–Crippen LogP) is 4.28. The normalized spacial score (nSPS) is 12.4. The number of alkyl halides is 3. The van der Waals surface area contributed by atoms with E-state index in [-0.39, 0.29) is 12.1 Å². The fraction of sp³-hybridized carbons (Fsp3) is 0.188. The van der Waals surface area contributed by atoms with Gasteiger partial charge in [0.05, 0.1) is 0 Å². The summed E-state index contributed by atoms with van der Waals surface area (Å²) in [5.74, 6) is 0. The molecular weight excluding hydrogens is 263 g/mol. The third kappa shape index (κ3) is 3.95. The van der Waals surface area contributed by atoms with E-state index in [1.54, 1.807) is 18.2 Å². The summed E-state index contributed by atoms with van der Waals surface area (Å²) in [6, 6.07) is 17.0. The van der Waals surface area contributed by atoms with E-state index in [0.29, 0.717) is 6.42 Å². The summed E-state index contributed by atoms with van der Waals surface area (Å²) in [7, 11) is 0. The molecule has 0 aliphatic rings. The first-order valence-electron chi connectivity index (χ1n) is 6.28. The van der Waals surface area contributed by atoms with Crippen molar-refractivity contribution in [1.82, 2.24) is 0 Å². The Balaban J connectivity index is 2.14. The van der Waals surface area contributed by atoms with Crippen LogP contribution in [0.25, 0.3) is 0 Å². The van der Waals surface area contributed by atoms with Crippen LogP contribution in [0.15, 0.2) is 65.7 Å². The van der Waals surface area contributed by atoms with Gasteiger partial charge >= 0.3 is 6.18 Å². The molecule has 0 radical (unpaired) electrons. The molecule has 1 nitrogen and oxygen atoms in total. The van der Waals surface area contributed by atoms with Gasteiger partial charge in [-0.2, -0.15) is 13.2 Å². The van der Waals surface area contributed by atoms with E-state index >= 15 is 0 Å². The highest BCUT2D eigenvalue weighted by atomic mass is 19.4. The Hall–Kier alpha value is -2.10. The topological polar surface area (TPSA) is 12.4 Å². The molecule has 0 unspecified atom stereocenters. The molecule has 2 aromatic carbocycles. The molecule has 2 rings (SSSR count). The molecule has 104 valence electrons. The molecule has 0 fully saturated rings. The smallest absolute Gasteiger partial charge is 0.280 e. The molecule has 0 atom stereocenters. The SMILES string of the molecule is FC(F)(F)C(=NCCc1ccccc1)c1ccccc1. The number of nitrogens with zero attached hydrogens (tertiary/aromatic N) is 1. The van der Waals surface area contributed by atoms with Gasteiger partial charge in [0.25, 0.3) is 0 Å². The molecule has 0 saturated carbocycles. The van der Waals surface area contributed by atoms with Crippen LogP contribution >= 0.6 is 0 Å². The number of hydrogen-bond donors (Lipinski definition) is 0. The van der Waals surface area contributed by atoms with Crippen molar-refractivity contribution in [3.05, 3.63) is 71.8 Å². The van der Waals surface area contributed by atoms with Gasteiger partial charge in [0, 0.05) is 12.1 Å². The molecule has 0 aliphatic carbocycles. The van der Waals surface area contributed by atoms with Crippen LogP contribution < -0.4 is 0 Å². The van der Waals surface area contributed by atoms with Crippen LogP contribution in [0.3, 0.4) is 0 Å². The molecule has 0 heterocycles. The zero-order valence-electron chi connectivity index (χ0n) is 10.8. The van der Waals surface area contributed by atoms with Gasteiger partial charge < -0.3 is 0 Å². The Bertz CT molecular complexity index is 559. The van der Waals surface area contributed by atoms with Crippen molar-refractivity contribution >= 4 is 5.71 Å². The Morgan fingerprint density at radius 1 is 0.850 bits per heavy atom. The van der Waals surface area contributed by atoms with Gasteiger partial charge in [0.2, 0.25) is 0 Å². The minimum absolute atomic E-state index is 0.105. The largest absolute Gasteiger partial charge is 0.433 e. The summed E-state index contributed by atoms with van der Waals surface area (Å²) < 4.78 is 39.0. The standard InChI is InChI=1S/C16H14F3N/c17-16(18,19)15(14-9-5-2-6-10-14)20-12-11-13-7-3-1-4-8-13/h1-10H,11-12H2. The maximum absolute atomic E-state index is 13.0. The molecule has 4 heteroatoms. The second kappa shape index (κ2) is 6.37. The van der Waals surface area contributed by atoms with Crippen LogP contribution in [0.4, 0.5) is 13.2 Å². The molecule has 0 N–H and O–H groups in total. The van der Waals surface area contributed by atoms with Crippen LogP contribution in [-0.2, 0) is 6.42 Å². The second-order valence-corrected chi connectivity index (χ2v) is 4.33. The quantitative estimate of drug-likeness (QED) is 0.740. The van der Waals surface area contributed by atoms with E-state index in [0.717, 1.165) is 5.56 Å². The Morgan fingerprint density at radius 3 is 1.95 bits per heavy atom. The molecule has 2 aromatic rings. The molecule has 0 saturated heterocycles. The highest BCUT2D eigenvalue weighted by Gasteiger charge is 2.36. The lowest BCUT2D eigenvalue weighted by Gasteiger charge is -2.11. The van der Waals surface area contributed by atoms with Crippen molar-refractivity contribution in [3.63, 3.8) is 0 Å². The average Bonchev–Trinajstić information content (AvgIpc) is 2.44. The average molecular weight is 277 g/mol. The minimum atomic E-state index is -4.43. The fourth-order valence-corrected chi connectivity index (χ4v) is 1.88. The molecular formula is C16H14F3N. The van der Waals surface area contributed by atoms with E-state index in [1.165, 1.54) is 12.1 Å². The molecule has 0 spiro atoms. The highest BCUT2D eigenvalue weighted by Crippen LogP contribution is 2.22. The highest BCUT2D eigenvalue weighted by molar-refractivity contribution is 6.04. The first-order valence-corrected chi connectivity index (χ1v) is 6.28. The van der Waals surface area contributed by atoms with Crippen molar-refractivity contribution in [1.29, 1.82) is 0 Å². The van der Waals surface area contributed by atoms with Crippen molar-refractivity contribution in [2.45, 2.75) is 12.6 Å². The lowest BCUT2D eigenvalue weighted by molar-refractivity contribution is -0.0582. The van der Waals surface area contributed by atoms with Crippen LogP contribution in [0.2, 0.25) is 0 Å². The third-order valence-corrected chi connectivity index (χ3v) is 2.83. The van der Waals surface area contributed by atoms with E-state index in [9.17, 15) is 13.2 Å². The molecule has 0 amide bonds. The summed E-state index contributed by atoms with van der Waals surface area (Å²) in [4.78, 5) is 3.75. The van der Waals surface area contributed by atoms with Gasteiger partial charge in [0.15, 0.2) is 0 Å². The Kier molecular flexibility index (Phi) is 4.56. The second-order valence-electron chi connectivity index (χ2n) is 4.33. The number of aliphatic imine (C=N–C) groups is 1. The maximum Gasteiger partial charge on any atom is 0.433 e. The zero-order chi connectivity index (χ0) is 14.4. The zero-order valence-corrected chi connectivity index (χ0v) is 10.8. The molecule has 0 aromatic heterocycles. The first kappa shape index (κ1) is 14.3. The summed E-state index contributed by atoms with van der Waals surface area (Å²) in [6.45, 7) is 0.119. The summed E-state index contributed by atoms with van der Waals surface area (Å²) in [6.07, 6.45) is -3.94. The van der Waals surface area contributed by atoms with E-state index < -0.39 is 11.9 Å². The maximum atomic E-state index is 13.0. The summed E-state index contributed by atoms with van der Waals surface area (Å²) in [5, 5.41) is 0. The molecule has 0 aliphatic heterocycles. The molecule has 20 heavy (non-hydrogen) atoms. The van der Waals surface area contributed by atoms with Crippen molar-refractivity contribution < 1.29 is 13.2 Å². The van der Waals surface area contributed by atoms with Gasteiger partial charge in [0.1, 0.15) is 5.71 Å². The van der Waals surface area contributed by atoms with Crippen molar-refractivity contribution in [3.8, 4) is 0 Å². The van der Waals surface area contributed by atoms with Crippen LogP contribution in [0.5, 0.6) is 0 Å². The number of benzene rings is 2. The van der Waals surface area contributed by atoms with Crippen LogP contribution in [0, 0.1) is 0 Å². The fourth-order valence-electron chi connectivity index (χ4n) is 1.88. The monoisotopic (exact) mass is 277 g/mol. The van der Waals surface area contributed by atoms with E-state index in [4.69, 9.17) is 0 Å². The number of rotatable bonds is 4. The van der Waals surface area contributed by atoms with Gasteiger partial charge in [-0.3, -0.25) is 4.99 Å². The Morgan fingerprint density at radius 2 is 1.40 bits per heavy atom.